The molecule has 3 rings (SSSR count). The lowest BCUT2D eigenvalue weighted by Gasteiger charge is -2.34. The number of benzene rings is 2. The number of amides is 1. The van der Waals surface area contributed by atoms with Gasteiger partial charge in [0.05, 0.1) is 24.2 Å². The van der Waals surface area contributed by atoms with Crippen LogP contribution in [-0.4, -0.2) is 48.6 Å². The van der Waals surface area contributed by atoms with Crippen LogP contribution in [0.4, 0.5) is 5.69 Å². The molecule has 2 aromatic rings. The van der Waals surface area contributed by atoms with Crippen molar-refractivity contribution >= 4 is 29.3 Å². The van der Waals surface area contributed by atoms with Crippen molar-refractivity contribution in [1.82, 2.24) is 10.2 Å². The first kappa shape index (κ1) is 21.0. The Bertz CT molecular complexity index is 862. The SMILES string of the molecule is O=C(/C=C/c1ccc([N+](=O)[O-])cc1)NCC(c1ccc(Cl)cc1)N1CCOCC1. The molecule has 29 heavy (non-hydrogen) atoms. The minimum Gasteiger partial charge on any atom is -0.379 e. The van der Waals surface area contributed by atoms with Crippen LogP contribution in [-0.2, 0) is 9.53 Å². The maximum Gasteiger partial charge on any atom is 0.269 e. The molecule has 1 aliphatic heterocycles. The second kappa shape index (κ2) is 10.2. The van der Waals surface area contributed by atoms with Gasteiger partial charge in [-0.3, -0.25) is 19.8 Å². The molecule has 1 saturated heterocycles. The maximum atomic E-state index is 12.3. The molecule has 1 unspecified atom stereocenters. The van der Waals surface area contributed by atoms with Gasteiger partial charge in [0.2, 0.25) is 5.91 Å². The highest BCUT2D eigenvalue weighted by atomic mass is 35.5. The van der Waals surface area contributed by atoms with Crippen LogP contribution in [0.3, 0.4) is 0 Å². The van der Waals surface area contributed by atoms with E-state index in [0.717, 1.165) is 18.7 Å². The fourth-order valence-corrected chi connectivity index (χ4v) is 3.29. The van der Waals surface area contributed by atoms with Crippen LogP contribution in [0.2, 0.25) is 5.02 Å². The number of carbonyl (C=O) groups is 1. The Hall–Kier alpha value is -2.74. The molecule has 152 valence electrons. The molecule has 1 atom stereocenters. The molecule has 0 saturated carbocycles. The van der Waals surface area contributed by atoms with E-state index in [2.05, 4.69) is 10.2 Å². The van der Waals surface area contributed by atoms with E-state index in [1.807, 2.05) is 24.3 Å². The summed E-state index contributed by atoms with van der Waals surface area (Å²) >= 11 is 6.01. The number of non-ortho nitro benzene ring substituents is 1. The lowest BCUT2D eigenvalue weighted by molar-refractivity contribution is -0.384. The number of nitrogens with one attached hydrogen (secondary N) is 1. The average molecular weight is 416 g/mol. The van der Waals surface area contributed by atoms with Crippen molar-refractivity contribution in [3.8, 4) is 0 Å². The lowest BCUT2D eigenvalue weighted by Crippen LogP contribution is -2.43. The first-order valence-corrected chi connectivity index (χ1v) is 9.68. The van der Waals surface area contributed by atoms with Gasteiger partial charge in [0, 0.05) is 42.9 Å². The van der Waals surface area contributed by atoms with E-state index in [4.69, 9.17) is 16.3 Å². The summed E-state index contributed by atoms with van der Waals surface area (Å²) in [5, 5.41) is 14.3. The van der Waals surface area contributed by atoms with E-state index in [1.165, 1.54) is 18.2 Å². The van der Waals surface area contributed by atoms with E-state index < -0.39 is 4.92 Å². The molecular weight excluding hydrogens is 394 g/mol. The van der Waals surface area contributed by atoms with Crippen molar-refractivity contribution in [1.29, 1.82) is 0 Å². The predicted octanol–water partition coefficient (Wildman–Crippen LogP) is 3.45. The third-order valence-electron chi connectivity index (χ3n) is 4.74. The summed E-state index contributed by atoms with van der Waals surface area (Å²) in [5.74, 6) is -0.226. The molecule has 0 bridgehead atoms. The fraction of sp³-hybridized carbons (Fsp3) is 0.286. The third kappa shape index (κ3) is 6.12. The molecule has 1 heterocycles. The van der Waals surface area contributed by atoms with Crippen LogP contribution < -0.4 is 5.32 Å². The first-order valence-electron chi connectivity index (χ1n) is 9.30. The number of hydrogen-bond donors (Lipinski definition) is 1. The van der Waals surface area contributed by atoms with Gasteiger partial charge in [-0.25, -0.2) is 0 Å². The summed E-state index contributed by atoms with van der Waals surface area (Å²) in [6.07, 6.45) is 3.06. The van der Waals surface area contributed by atoms with Gasteiger partial charge >= 0.3 is 0 Å². The van der Waals surface area contributed by atoms with Crippen molar-refractivity contribution in [3.05, 3.63) is 80.9 Å². The number of ether oxygens (including phenoxy) is 1. The molecular formula is C21H22ClN3O4. The van der Waals surface area contributed by atoms with Crippen molar-refractivity contribution in [2.75, 3.05) is 32.8 Å². The maximum absolute atomic E-state index is 12.3. The van der Waals surface area contributed by atoms with Crippen molar-refractivity contribution in [2.45, 2.75) is 6.04 Å². The van der Waals surface area contributed by atoms with Gasteiger partial charge in [0.25, 0.3) is 5.69 Å². The van der Waals surface area contributed by atoms with Crippen molar-refractivity contribution in [3.63, 3.8) is 0 Å². The van der Waals surface area contributed by atoms with Gasteiger partial charge in [0.15, 0.2) is 0 Å². The predicted molar refractivity (Wildman–Crippen MR) is 112 cm³/mol. The molecule has 0 spiro atoms. The zero-order chi connectivity index (χ0) is 20.6. The second-order valence-electron chi connectivity index (χ2n) is 6.64. The molecule has 1 aliphatic rings. The zero-order valence-corrected chi connectivity index (χ0v) is 16.5. The standard InChI is InChI=1S/C21H22ClN3O4/c22-18-6-4-17(5-7-18)20(24-11-13-29-14-12-24)15-23-21(26)10-3-16-1-8-19(9-2-16)25(27)28/h1-10,20H,11-15H2,(H,23,26)/b10-3+. The van der Waals surface area contributed by atoms with Crippen LogP contribution in [0.15, 0.2) is 54.6 Å². The first-order chi connectivity index (χ1) is 14.0. The summed E-state index contributed by atoms with van der Waals surface area (Å²) in [4.78, 5) is 24.8. The number of halogens is 1. The Morgan fingerprint density at radius 2 is 1.83 bits per heavy atom. The highest BCUT2D eigenvalue weighted by Crippen LogP contribution is 2.23. The number of carbonyl (C=O) groups excluding carboxylic acids is 1. The van der Waals surface area contributed by atoms with Gasteiger partial charge in [-0.2, -0.15) is 0 Å². The molecule has 0 aliphatic carbocycles. The Morgan fingerprint density at radius 3 is 2.45 bits per heavy atom. The monoisotopic (exact) mass is 415 g/mol. The van der Waals surface area contributed by atoms with E-state index in [-0.39, 0.29) is 17.6 Å². The smallest absolute Gasteiger partial charge is 0.269 e. The molecule has 0 aromatic heterocycles. The van der Waals surface area contributed by atoms with Crippen LogP contribution in [0, 0.1) is 10.1 Å². The summed E-state index contributed by atoms with van der Waals surface area (Å²) in [6, 6.07) is 13.7. The molecule has 8 heteroatoms. The highest BCUT2D eigenvalue weighted by molar-refractivity contribution is 6.30. The number of rotatable bonds is 7. The van der Waals surface area contributed by atoms with Gasteiger partial charge < -0.3 is 10.1 Å². The summed E-state index contributed by atoms with van der Waals surface area (Å²) in [6.45, 7) is 3.37. The van der Waals surface area contributed by atoms with Gasteiger partial charge in [-0.05, 0) is 41.5 Å². The van der Waals surface area contributed by atoms with Crippen LogP contribution in [0.1, 0.15) is 17.2 Å². The van der Waals surface area contributed by atoms with Gasteiger partial charge in [-0.1, -0.05) is 23.7 Å². The topological polar surface area (TPSA) is 84.7 Å². The molecule has 0 radical (unpaired) electrons. The minimum absolute atomic E-state index is 0.0166. The second-order valence-corrected chi connectivity index (χ2v) is 7.08. The Morgan fingerprint density at radius 1 is 1.17 bits per heavy atom. The number of nitro benzene ring substituents is 1. The van der Waals surface area contributed by atoms with Crippen molar-refractivity contribution in [2.24, 2.45) is 0 Å². The molecule has 1 N–H and O–H groups in total. The molecule has 2 aromatic carbocycles. The number of nitro groups is 1. The Kier molecular flexibility index (Phi) is 7.35. The molecule has 7 nitrogen and oxygen atoms in total. The minimum atomic E-state index is -0.456. The van der Waals surface area contributed by atoms with E-state index in [1.54, 1.807) is 18.2 Å². The van der Waals surface area contributed by atoms with Gasteiger partial charge in [-0.15, -0.1) is 0 Å². The van der Waals surface area contributed by atoms with Crippen LogP contribution >= 0.6 is 11.6 Å². The number of hydrogen-bond acceptors (Lipinski definition) is 5. The lowest BCUT2D eigenvalue weighted by atomic mass is 10.0. The zero-order valence-electron chi connectivity index (χ0n) is 15.8. The van der Waals surface area contributed by atoms with Crippen molar-refractivity contribution < 1.29 is 14.5 Å². The normalized spacial score (nSPS) is 15.9. The number of nitrogens with zero attached hydrogens (tertiary/aromatic N) is 2. The molecule has 1 amide bonds. The Balaban J connectivity index is 1.62. The highest BCUT2D eigenvalue weighted by Gasteiger charge is 2.22. The third-order valence-corrected chi connectivity index (χ3v) is 4.99. The van der Waals surface area contributed by atoms with Crippen LogP contribution in [0.25, 0.3) is 6.08 Å². The van der Waals surface area contributed by atoms with E-state index in [0.29, 0.717) is 30.3 Å². The van der Waals surface area contributed by atoms with Gasteiger partial charge in [0.1, 0.15) is 0 Å². The quantitative estimate of drug-likeness (QED) is 0.425. The number of morpholine rings is 1. The fourth-order valence-electron chi connectivity index (χ4n) is 3.17. The molecule has 1 fully saturated rings. The van der Waals surface area contributed by atoms with E-state index in [9.17, 15) is 14.9 Å². The summed E-state index contributed by atoms with van der Waals surface area (Å²) < 4.78 is 5.44. The summed E-state index contributed by atoms with van der Waals surface area (Å²) in [5.41, 5.74) is 1.81. The van der Waals surface area contributed by atoms with E-state index >= 15 is 0 Å². The largest absolute Gasteiger partial charge is 0.379 e. The Labute approximate surface area is 174 Å². The summed E-state index contributed by atoms with van der Waals surface area (Å²) in [7, 11) is 0. The van der Waals surface area contributed by atoms with Crippen LogP contribution in [0.5, 0.6) is 0 Å². The average Bonchev–Trinajstić information content (AvgIpc) is 2.74.